The zero-order valence-corrected chi connectivity index (χ0v) is 11.9. The van der Waals surface area contributed by atoms with Crippen LogP contribution in [0.2, 0.25) is 0 Å². The third-order valence-electron chi connectivity index (χ3n) is 3.35. The number of anilines is 2. The van der Waals surface area contributed by atoms with E-state index in [1.54, 1.807) is 13.3 Å². The SMILES string of the molecule is CCC(CC)N(CCOC)c1cc(C)c(N)cn1. The van der Waals surface area contributed by atoms with E-state index in [0.29, 0.717) is 12.6 Å². The van der Waals surface area contributed by atoms with Gasteiger partial charge in [0, 0.05) is 19.7 Å². The van der Waals surface area contributed by atoms with Gasteiger partial charge in [-0.25, -0.2) is 4.98 Å². The maximum atomic E-state index is 5.82. The lowest BCUT2D eigenvalue weighted by Gasteiger charge is -2.31. The molecule has 1 aromatic rings. The predicted molar refractivity (Wildman–Crippen MR) is 77.0 cm³/mol. The lowest BCUT2D eigenvalue weighted by molar-refractivity contribution is 0.202. The number of nitrogens with two attached hydrogens (primary N) is 1. The summed E-state index contributed by atoms with van der Waals surface area (Å²) in [5.41, 5.74) is 7.65. The Morgan fingerprint density at radius 1 is 1.39 bits per heavy atom. The van der Waals surface area contributed by atoms with Gasteiger partial charge in [-0.1, -0.05) is 13.8 Å². The molecule has 0 spiro atoms. The highest BCUT2D eigenvalue weighted by molar-refractivity contribution is 5.52. The van der Waals surface area contributed by atoms with E-state index in [1.807, 2.05) is 6.92 Å². The molecule has 0 fully saturated rings. The first-order valence-electron chi connectivity index (χ1n) is 6.61. The van der Waals surface area contributed by atoms with Gasteiger partial charge in [0.1, 0.15) is 5.82 Å². The molecule has 4 nitrogen and oxygen atoms in total. The number of rotatable bonds is 7. The molecule has 1 heterocycles. The second-order valence-electron chi connectivity index (χ2n) is 4.56. The monoisotopic (exact) mass is 251 g/mol. The minimum atomic E-state index is 0.496. The molecule has 0 aliphatic carbocycles. The molecular formula is C14H25N3O. The maximum Gasteiger partial charge on any atom is 0.129 e. The maximum absolute atomic E-state index is 5.82. The van der Waals surface area contributed by atoms with Crippen LogP contribution in [0.15, 0.2) is 12.3 Å². The molecule has 1 rings (SSSR count). The van der Waals surface area contributed by atoms with Gasteiger partial charge in [-0.15, -0.1) is 0 Å². The zero-order valence-electron chi connectivity index (χ0n) is 11.9. The Hall–Kier alpha value is -1.29. The van der Waals surface area contributed by atoms with Gasteiger partial charge in [-0.3, -0.25) is 0 Å². The molecule has 0 bridgehead atoms. The van der Waals surface area contributed by atoms with Gasteiger partial charge in [0.05, 0.1) is 18.5 Å². The van der Waals surface area contributed by atoms with Crippen LogP contribution in [0.4, 0.5) is 11.5 Å². The molecule has 0 atom stereocenters. The first-order valence-corrected chi connectivity index (χ1v) is 6.61. The van der Waals surface area contributed by atoms with Crippen LogP contribution < -0.4 is 10.6 Å². The van der Waals surface area contributed by atoms with Crippen molar-refractivity contribution in [2.45, 2.75) is 39.7 Å². The summed E-state index contributed by atoms with van der Waals surface area (Å²) in [4.78, 5) is 6.77. The van der Waals surface area contributed by atoms with Crippen molar-refractivity contribution in [3.63, 3.8) is 0 Å². The Balaban J connectivity index is 2.96. The third-order valence-corrected chi connectivity index (χ3v) is 3.35. The summed E-state index contributed by atoms with van der Waals surface area (Å²) in [6.45, 7) is 8.00. The summed E-state index contributed by atoms with van der Waals surface area (Å²) < 4.78 is 5.19. The molecule has 0 aliphatic rings. The molecule has 4 heteroatoms. The van der Waals surface area contributed by atoms with Crippen molar-refractivity contribution in [2.24, 2.45) is 0 Å². The lowest BCUT2D eigenvalue weighted by Crippen LogP contribution is -2.37. The molecule has 0 aliphatic heterocycles. The fourth-order valence-electron chi connectivity index (χ4n) is 2.11. The molecule has 102 valence electrons. The summed E-state index contributed by atoms with van der Waals surface area (Å²) in [7, 11) is 1.73. The minimum Gasteiger partial charge on any atom is -0.397 e. The minimum absolute atomic E-state index is 0.496. The van der Waals surface area contributed by atoms with E-state index in [0.717, 1.165) is 36.5 Å². The van der Waals surface area contributed by atoms with E-state index in [2.05, 4.69) is 29.8 Å². The van der Waals surface area contributed by atoms with Gasteiger partial charge in [0.25, 0.3) is 0 Å². The van der Waals surface area contributed by atoms with E-state index in [4.69, 9.17) is 10.5 Å². The highest BCUT2D eigenvalue weighted by atomic mass is 16.5. The van der Waals surface area contributed by atoms with E-state index in [-0.39, 0.29) is 0 Å². The Labute approximate surface area is 110 Å². The number of nitrogen functional groups attached to an aromatic ring is 1. The topological polar surface area (TPSA) is 51.4 Å². The summed E-state index contributed by atoms with van der Waals surface area (Å²) in [5.74, 6) is 0.993. The Bertz CT molecular complexity index is 364. The van der Waals surface area contributed by atoms with Crippen molar-refractivity contribution in [1.29, 1.82) is 0 Å². The molecule has 0 unspecified atom stereocenters. The van der Waals surface area contributed by atoms with Crippen molar-refractivity contribution in [3.05, 3.63) is 17.8 Å². The van der Waals surface area contributed by atoms with Crippen LogP contribution in [-0.2, 0) is 4.74 Å². The Kier molecular flexibility index (Phi) is 5.92. The van der Waals surface area contributed by atoms with Crippen LogP contribution >= 0.6 is 0 Å². The largest absolute Gasteiger partial charge is 0.397 e. The van der Waals surface area contributed by atoms with Crippen molar-refractivity contribution in [3.8, 4) is 0 Å². The average Bonchev–Trinajstić information content (AvgIpc) is 2.38. The lowest BCUT2D eigenvalue weighted by atomic mass is 10.1. The van der Waals surface area contributed by atoms with Crippen LogP contribution in [0, 0.1) is 6.92 Å². The van der Waals surface area contributed by atoms with Crippen LogP contribution in [0.5, 0.6) is 0 Å². The second kappa shape index (κ2) is 7.21. The summed E-state index contributed by atoms with van der Waals surface area (Å²) in [5, 5.41) is 0. The van der Waals surface area contributed by atoms with Gasteiger partial charge in [0.15, 0.2) is 0 Å². The number of nitrogens with zero attached hydrogens (tertiary/aromatic N) is 2. The molecule has 0 amide bonds. The Morgan fingerprint density at radius 3 is 2.56 bits per heavy atom. The molecule has 18 heavy (non-hydrogen) atoms. The fraction of sp³-hybridized carbons (Fsp3) is 0.643. The number of aromatic nitrogens is 1. The van der Waals surface area contributed by atoms with Gasteiger partial charge in [-0.2, -0.15) is 0 Å². The molecule has 0 radical (unpaired) electrons. The van der Waals surface area contributed by atoms with Crippen molar-refractivity contribution >= 4 is 11.5 Å². The quantitative estimate of drug-likeness (QED) is 0.809. The van der Waals surface area contributed by atoms with Crippen molar-refractivity contribution in [2.75, 3.05) is 30.9 Å². The van der Waals surface area contributed by atoms with Crippen LogP contribution in [0.25, 0.3) is 0 Å². The first kappa shape index (κ1) is 14.8. The number of methoxy groups -OCH3 is 1. The van der Waals surface area contributed by atoms with E-state index < -0.39 is 0 Å². The predicted octanol–water partition coefficient (Wildman–Crippen LogP) is 2.61. The fourth-order valence-corrected chi connectivity index (χ4v) is 2.11. The molecule has 0 saturated heterocycles. The molecule has 2 N–H and O–H groups in total. The van der Waals surface area contributed by atoms with E-state index in [1.165, 1.54) is 0 Å². The average molecular weight is 251 g/mol. The summed E-state index contributed by atoms with van der Waals surface area (Å²) in [6.07, 6.45) is 3.95. The van der Waals surface area contributed by atoms with Crippen molar-refractivity contribution < 1.29 is 4.74 Å². The molecule has 0 aromatic carbocycles. The van der Waals surface area contributed by atoms with Gasteiger partial charge in [0.2, 0.25) is 0 Å². The smallest absolute Gasteiger partial charge is 0.129 e. The molecule has 1 aromatic heterocycles. The van der Waals surface area contributed by atoms with Crippen molar-refractivity contribution in [1.82, 2.24) is 4.98 Å². The van der Waals surface area contributed by atoms with E-state index in [9.17, 15) is 0 Å². The number of ether oxygens (including phenoxy) is 1. The van der Waals surface area contributed by atoms with Crippen LogP contribution in [0.3, 0.4) is 0 Å². The second-order valence-corrected chi connectivity index (χ2v) is 4.56. The normalized spacial score (nSPS) is 10.9. The molecular weight excluding hydrogens is 226 g/mol. The number of hydrogen-bond donors (Lipinski definition) is 1. The summed E-state index contributed by atoms with van der Waals surface area (Å²) >= 11 is 0. The molecule has 0 saturated carbocycles. The first-order chi connectivity index (χ1) is 8.63. The Morgan fingerprint density at radius 2 is 2.06 bits per heavy atom. The van der Waals surface area contributed by atoms with Gasteiger partial charge < -0.3 is 15.4 Å². The van der Waals surface area contributed by atoms with Crippen LogP contribution in [0.1, 0.15) is 32.3 Å². The number of hydrogen-bond acceptors (Lipinski definition) is 4. The highest BCUT2D eigenvalue weighted by Gasteiger charge is 2.17. The standard InChI is InChI=1S/C14H25N3O/c1-5-12(6-2)17(7-8-18-4)14-9-11(3)13(15)10-16-14/h9-10,12H,5-8,15H2,1-4H3. The van der Waals surface area contributed by atoms with Gasteiger partial charge in [-0.05, 0) is 31.4 Å². The number of aryl methyl sites for hydroxylation is 1. The van der Waals surface area contributed by atoms with Gasteiger partial charge >= 0.3 is 0 Å². The third kappa shape index (κ3) is 3.60. The van der Waals surface area contributed by atoms with Crippen LogP contribution in [-0.4, -0.2) is 31.3 Å². The summed E-state index contributed by atoms with van der Waals surface area (Å²) in [6, 6.07) is 2.55. The van der Waals surface area contributed by atoms with E-state index >= 15 is 0 Å². The highest BCUT2D eigenvalue weighted by Crippen LogP contribution is 2.21. The number of pyridine rings is 1. The zero-order chi connectivity index (χ0) is 13.5.